The summed E-state index contributed by atoms with van der Waals surface area (Å²) < 4.78 is 0. The minimum absolute atomic E-state index is 0.126. The molecule has 2 amide bonds. The molecule has 0 saturated heterocycles. The van der Waals surface area contributed by atoms with Crippen LogP contribution in [0.1, 0.15) is 47.4 Å². The monoisotopic (exact) mass is 294 g/mol. The molecule has 6 nitrogen and oxygen atoms in total. The molecule has 0 atom stereocenters. The summed E-state index contributed by atoms with van der Waals surface area (Å²) in [6.45, 7) is 12.1. The van der Waals surface area contributed by atoms with Crippen molar-refractivity contribution in [3.8, 4) is 0 Å². The molecule has 1 aromatic rings. The van der Waals surface area contributed by atoms with E-state index in [2.05, 4.69) is 15.3 Å². The number of rotatable bonds is 4. The molecule has 1 rings (SSSR count). The largest absolute Gasteiger partial charge is 0.389 e. The van der Waals surface area contributed by atoms with Gasteiger partial charge in [-0.3, -0.25) is 0 Å². The molecule has 118 valence electrons. The first-order chi connectivity index (χ1) is 9.53. The van der Waals surface area contributed by atoms with Crippen molar-refractivity contribution in [1.82, 2.24) is 14.9 Å². The van der Waals surface area contributed by atoms with Gasteiger partial charge in [-0.25, -0.2) is 14.8 Å². The minimum Gasteiger partial charge on any atom is -0.389 e. The number of urea groups is 1. The Hall–Kier alpha value is -1.69. The molecule has 1 aromatic heterocycles. The lowest BCUT2D eigenvalue weighted by Gasteiger charge is -2.28. The summed E-state index contributed by atoms with van der Waals surface area (Å²) in [5, 5.41) is 12.6. The van der Waals surface area contributed by atoms with E-state index in [-0.39, 0.29) is 18.0 Å². The van der Waals surface area contributed by atoms with Crippen LogP contribution in [-0.4, -0.2) is 44.7 Å². The summed E-state index contributed by atoms with van der Waals surface area (Å²) in [4.78, 5) is 22.2. The number of amides is 2. The molecule has 0 aliphatic carbocycles. The lowest BCUT2D eigenvalue weighted by atomic mass is 9.96. The zero-order valence-corrected chi connectivity index (χ0v) is 13.8. The quantitative estimate of drug-likeness (QED) is 0.893. The van der Waals surface area contributed by atoms with E-state index in [4.69, 9.17) is 0 Å². The lowest BCUT2D eigenvalue weighted by molar-refractivity contribution is 0.0501. The van der Waals surface area contributed by atoms with Gasteiger partial charge in [-0.15, -0.1) is 0 Å². The Bertz CT molecular complexity index is 472. The molecular weight excluding hydrogens is 268 g/mol. The number of hydrogen-bond donors (Lipinski definition) is 2. The fourth-order valence-corrected chi connectivity index (χ4v) is 1.78. The van der Waals surface area contributed by atoms with Gasteiger partial charge in [0.1, 0.15) is 5.82 Å². The summed E-state index contributed by atoms with van der Waals surface area (Å²) in [6.07, 6.45) is 3.20. The van der Waals surface area contributed by atoms with Crippen LogP contribution in [-0.2, 0) is 5.41 Å². The van der Waals surface area contributed by atoms with E-state index in [1.165, 1.54) is 4.90 Å². The Labute approximate surface area is 126 Å². The molecule has 6 heteroatoms. The van der Waals surface area contributed by atoms with Crippen molar-refractivity contribution in [2.24, 2.45) is 0 Å². The fourth-order valence-electron chi connectivity index (χ4n) is 1.78. The zero-order chi connectivity index (χ0) is 16.3. The summed E-state index contributed by atoms with van der Waals surface area (Å²) in [6, 6.07) is -0.272. The normalized spacial score (nSPS) is 12.1. The van der Waals surface area contributed by atoms with Crippen molar-refractivity contribution < 1.29 is 9.90 Å². The van der Waals surface area contributed by atoms with Crippen LogP contribution < -0.4 is 5.32 Å². The summed E-state index contributed by atoms with van der Waals surface area (Å²) >= 11 is 0. The number of nitrogens with zero attached hydrogens (tertiary/aromatic N) is 3. The van der Waals surface area contributed by atoms with Crippen molar-refractivity contribution in [3.05, 3.63) is 18.2 Å². The second-order valence-corrected chi connectivity index (χ2v) is 6.80. The van der Waals surface area contributed by atoms with Gasteiger partial charge in [0.15, 0.2) is 0 Å². The van der Waals surface area contributed by atoms with Crippen LogP contribution in [0.2, 0.25) is 0 Å². The molecule has 1 heterocycles. The first-order valence-electron chi connectivity index (χ1n) is 7.14. The Morgan fingerprint density at radius 2 is 1.76 bits per heavy atom. The van der Waals surface area contributed by atoms with Crippen LogP contribution in [0.4, 0.5) is 10.5 Å². The molecule has 0 radical (unpaired) electrons. The molecule has 0 bridgehead atoms. The molecule has 21 heavy (non-hydrogen) atoms. The van der Waals surface area contributed by atoms with Gasteiger partial charge in [-0.2, -0.15) is 0 Å². The average Bonchev–Trinajstić information content (AvgIpc) is 2.34. The highest BCUT2D eigenvalue weighted by molar-refractivity contribution is 5.88. The Morgan fingerprint density at radius 1 is 1.24 bits per heavy atom. The number of likely N-dealkylation sites (N-methyl/N-ethyl adjacent to an activating group) is 1. The fraction of sp³-hybridized carbons (Fsp3) is 0.667. The highest BCUT2D eigenvalue weighted by Crippen LogP contribution is 2.18. The third-order valence-electron chi connectivity index (χ3n) is 2.82. The van der Waals surface area contributed by atoms with Crippen LogP contribution in [0, 0.1) is 0 Å². The maximum atomic E-state index is 12.2. The van der Waals surface area contributed by atoms with E-state index >= 15 is 0 Å². The number of aromatic nitrogens is 2. The van der Waals surface area contributed by atoms with Crippen molar-refractivity contribution in [2.75, 3.05) is 18.4 Å². The van der Waals surface area contributed by atoms with Crippen molar-refractivity contribution in [3.63, 3.8) is 0 Å². The SMILES string of the molecule is CCN(CC(C)(C)O)C(=O)Nc1cnc(C(C)(C)C)nc1. The van der Waals surface area contributed by atoms with Gasteiger partial charge in [0.25, 0.3) is 0 Å². The molecule has 0 aliphatic rings. The van der Waals surface area contributed by atoms with Crippen LogP contribution in [0.3, 0.4) is 0 Å². The predicted octanol–water partition coefficient (Wildman–Crippen LogP) is 2.40. The molecule has 0 unspecified atom stereocenters. The van der Waals surface area contributed by atoms with Gasteiger partial charge in [0, 0.05) is 12.0 Å². The smallest absolute Gasteiger partial charge is 0.322 e. The standard InChI is InChI=1S/C15H26N4O2/c1-7-19(10-15(5,6)21)13(20)18-11-8-16-12(17-9-11)14(2,3)4/h8-9,21H,7,10H2,1-6H3,(H,18,20). The third kappa shape index (κ3) is 5.67. The van der Waals surface area contributed by atoms with E-state index in [1.54, 1.807) is 26.2 Å². The zero-order valence-electron chi connectivity index (χ0n) is 13.8. The van der Waals surface area contributed by atoms with Crippen molar-refractivity contribution >= 4 is 11.7 Å². The Kier molecular flexibility index (Phi) is 5.28. The summed E-state index contributed by atoms with van der Waals surface area (Å²) in [7, 11) is 0. The van der Waals surface area contributed by atoms with Crippen LogP contribution in [0.25, 0.3) is 0 Å². The maximum absolute atomic E-state index is 12.2. The van der Waals surface area contributed by atoms with Crippen LogP contribution in [0.15, 0.2) is 12.4 Å². The molecule has 0 spiro atoms. The molecule has 2 N–H and O–H groups in total. The van der Waals surface area contributed by atoms with Gasteiger partial charge < -0.3 is 15.3 Å². The molecule has 0 fully saturated rings. The van der Waals surface area contributed by atoms with Crippen LogP contribution in [0.5, 0.6) is 0 Å². The number of hydrogen-bond acceptors (Lipinski definition) is 4. The number of carbonyl (C=O) groups excluding carboxylic acids is 1. The summed E-state index contributed by atoms with van der Waals surface area (Å²) in [5.74, 6) is 0.726. The van der Waals surface area contributed by atoms with Crippen molar-refractivity contribution in [2.45, 2.75) is 52.6 Å². The Balaban J connectivity index is 2.74. The highest BCUT2D eigenvalue weighted by atomic mass is 16.3. The van der Waals surface area contributed by atoms with Gasteiger partial charge in [0.05, 0.1) is 30.2 Å². The lowest BCUT2D eigenvalue weighted by Crippen LogP contribution is -2.44. The number of aliphatic hydroxyl groups is 1. The predicted molar refractivity (Wildman–Crippen MR) is 83.3 cm³/mol. The Morgan fingerprint density at radius 3 is 2.14 bits per heavy atom. The van der Waals surface area contributed by atoms with Gasteiger partial charge in [-0.1, -0.05) is 20.8 Å². The van der Waals surface area contributed by atoms with E-state index in [0.717, 1.165) is 5.82 Å². The first-order valence-corrected chi connectivity index (χ1v) is 7.14. The highest BCUT2D eigenvalue weighted by Gasteiger charge is 2.22. The second-order valence-electron chi connectivity index (χ2n) is 6.80. The molecule has 0 saturated carbocycles. The van der Waals surface area contributed by atoms with Crippen molar-refractivity contribution in [1.29, 1.82) is 0 Å². The van der Waals surface area contributed by atoms with Gasteiger partial charge >= 0.3 is 6.03 Å². The maximum Gasteiger partial charge on any atom is 0.322 e. The van der Waals surface area contributed by atoms with E-state index < -0.39 is 5.60 Å². The molecule has 0 aromatic carbocycles. The second kappa shape index (κ2) is 6.39. The third-order valence-corrected chi connectivity index (χ3v) is 2.82. The minimum atomic E-state index is -0.931. The van der Waals surface area contributed by atoms with E-state index in [1.807, 2.05) is 27.7 Å². The average molecular weight is 294 g/mol. The first kappa shape index (κ1) is 17.4. The topological polar surface area (TPSA) is 78.4 Å². The number of anilines is 1. The molecular formula is C15H26N4O2. The number of nitrogens with one attached hydrogen (secondary N) is 1. The van der Waals surface area contributed by atoms with Crippen LogP contribution >= 0.6 is 0 Å². The molecule has 0 aliphatic heterocycles. The van der Waals surface area contributed by atoms with E-state index in [0.29, 0.717) is 12.2 Å². The van der Waals surface area contributed by atoms with E-state index in [9.17, 15) is 9.90 Å². The van der Waals surface area contributed by atoms with Gasteiger partial charge in [-0.05, 0) is 20.8 Å². The number of carbonyl (C=O) groups is 1. The van der Waals surface area contributed by atoms with Gasteiger partial charge in [0.2, 0.25) is 0 Å². The summed E-state index contributed by atoms with van der Waals surface area (Å²) in [5.41, 5.74) is -0.513.